The van der Waals surface area contributed by atoms with Crippen molar-refractivity contribution in [1.82, 2.24) is 4.98 Å². The molecule has 4 rings (SSSR count). The standard InChI is InChI=1S/C22H16BrN3O4/c1-12-5-13(2)7-14(6-12)22-25-18-10-17(3-4-20(18)30-22)24-11-15-8-16(23)9-19(21(15)27)26(28)29/h3-11,27H,1-2H3. The van der Waals surface area contributed by atoms with E-state index in [0.29, 0.717) is 27.2 Å². The van der Waals surface area contributed by atoms with Gasteiger partial charge in [-0.3, -0.25) is 15.1 Å². The fourth-order valence-corrected chi connectivity index (χ4v) is 3.67. The molecule has 0 atom stereocenters. The Kier molecular flexibility index (Phi) is 5.09. The summed E-state index contributed by atoms with van der Waals surface area (Å²) in [7, 11) is 0. The Morgan fingerprint density at radius 1 is 1.13 bits per heavy atom. The van der Waals surface area contributed by atoms with Crippen LogP contribution in [0.15, 0.2) is 62.4 Å². The molecule has 8 heteroatoms. The molecule has 0 aliphatic carbocycles. The summed E-state index contributed by atoms with van der Waals surface area (Å²) >= 11 is 3.21. The van der Waals surface area contributed by atoms with Gasteiger partial charge in [-0.05, 0) is 50.2 Å². The van der Waals surface area contributed by atoms with Crippen LogP contribution >= 0.6 is 15.9 Å². The van der Waals surface area contributed by atoms with Crippen LogP contribution in [-0.2, 0) is 0 Å². The van der Waals surface area contributed by atoms with Crippen LogP contribution in [0.3, 0.4) is 0 Å². The Morgan fingerprint density at radius 2 is 1.87 bits per heavy atom. The zero-order valence-electron chi connectivity index (χ0n) is 16.1. The molecule has 0 amide bonds. The highest BCUT2D eigenvalue weighted by molar-refractivity contribution is 9.10. The Bertz CT molecular complexity index is 1310. The van der Waals surface area contributed by atoms with Crippen molar-refractivity contribution < 1.29 is 14.4 Å². The smallest absolute Gasteiger partial charge is 0.312 e. The van der Waals surface area contributed by atoms with Gasteiger partial charge in [0.25, 0.3) is 0 Å². The zero-order valence-corrected chi connectivity index (χ0v) is 17.7. The Hall–Kier alpha value is -3.52. The van der Waals surface area contributed by atoms with E-state index in [-0.39, 0.29) is 5.56 Å². The van der Waals surface area contributed by atoms with Gasteiger partial charge >= 0.3 is 5.69 Å². The number of aryl methyl sites for hydroxylation is 2. The number of benzene rings is 3. The number of nitro groups is 1. The number of hydrogen-bond acceptors (Lipinski definition) is 6. The number of halogens is 1. The van der Waals surface area contributed by atoms with Crippen LogP contribution in [-0.4, -0.2) is 21.2 Å². The molecule has 0 unspecified atom stereocenters. The van der Waals surface area contributed by atoms with E-state index in [1.165, 1.54) is 12.3 Å². The maximum Gasteiger partial charge on any atom is 0.312 e. The number of rotatable bonds is 4. The molecule has 150 valence electrons. The number of aliphatic imine (C=N–C) groups is 1. The second kappa shape index (κ2) is 7.72. The van der Waals surface area contributed by atoms with E-state index >= 15 is 0 Å². The minimum atomic E-state index is -0.645. The van der Waals surface area contributed by atoms with Crippen LogP contribution in [0.5, 0.6) is 5.75 Å². The third-order valence-corrected chi connectivity index (χ3v) is 4.93. The Morgan fingerprint density at radius 3 is 2.57 bits per heavy atom. The molecule has 4 aromatic rings. The SMILES string of the molecule is Cc1cc(C)cc(-c2nc3cc(N=Cc4cc(Br)cc([N+](=O)[O-])c4O)ccc3o2)c1. The van der Waals surface area contributed by atoms with Crippen LogP contribution in [0.2, 0.25) is 0 Å². The molecule has 30 heavy (non-hydrogen) atoms. The van der Waals surface area contributed by atoms with Crippen LogP contribution < -0.4 is 0 Å². The molecule has 0 spiro atoms. The molecule has 0 aliphatic rings. The summed E-state index contributed by atoms with van der Waals surface area (Å²) in [6, 6.07) is 14.2. The fourth-order valence-electron chi connectivity index (χ4n) is 3.20. The average Bonchev–Trinajstić information content (AvgIpc) is 3.11. The van der Waals surface area contributed by atoms with Gasteiger partial charge in [0.1, 0.15) is 5.52 Å². The van der Waals surface area contributed by atoms with Gasteiger partial charge in [-0.15, -0.1) is 0 Å². The molecule has 0 saturated carbocycles. The van der Waals surface area contributed by atoms with Gasteiger partial charge in [0.2, 0.25) is 11.6 Å². The van der Waals surface area contributed by atoms with Crippen LogP contribution in [0.1, 0.15) is 16.7 Å². The largest absolute Gasteiger partial charge is 0.502 e. The lowest BCUT2D eigenvalue weighted by molar-refractivity contribution is -0.385. The van der Waals surface area contributed by atoms with E-state index in [2.05, 4.69) is 32.0 Å². The number of hydrogen-bond donors (Lipinski definition) is 1. The van der Waals surface area contributed by atoms with E-state index < -0.39 is 16.4 Å². The first kappa shape index (κ1) is 19.8. The normalized spacial score (nSPS) is 11.4. The summed E-state index contributed by atoms with van der Waals surface area (Å²) in [6.07, 6.45) is 1.37. The molecule has 0 fully saturated rings. The van der Waals surface area contributed by atoms with Gasteiger partial charge in [-0.1, -0.05) is 33.1 Å². The average molecular weight is 466 g/mol. The van der Waals surface area contributed by atoms with E-state index in [1.807, 2.05) is 26.0 Å². The van der Waals surface area contributed by atoms with Crippen LogP contribution in [0.4, 0.5) is 11.4 Å². The molecule has 0 radical (unpaired) electrons. The minimum absolute atomic E-state index is 0.229. The number of nitrogens with zero attached hydrogens (tertiary/aromatic N) is 3. The molecule has 0 aliphatic heterocycles. The van der Waals surface area contributed by atoms with E-state index in [9.17, 15) is 15.2 Å². The lowest BCUT2D eigenvalue weighted by atomic mass is 10.1. The van der Waals surface area contributed by atoms with Gasteiger partial charge in [-0.2, -0.15) is 0 Å². The summed E-state index contributed by atoms with van der Waals surface area (Å²) < 4.78 is 6.35. The number of aromatic hydroxyl groups is 1. The molecule has 1 aromatic heterocycles. The highest BCUT2D eigenvalue weighted by atomic mass is 79.9. The Balaban J connectivity index is 1.69. The van der Waals surface area contributed by atoms with Crippen molar-refractivity contribution in [3.05, 3.63) is 79.8 Å². The van der Waals surface area contributed by atoms with Crippen molar-refractivity contribution in [1.29, 1.82) is 0 Å². The molecular formula is C22H16BrN3O4. The fraction of sp³-hybridized carbons (Fsp3) is 0.0909. The molecule has 7 nitrogen and oxygen atoms in total. The topological polar surface area (TPSA) is 102 Å². The third-order valence-electron chi connectivity index (χ3n) is 4.47. The first-order chi connectivity index (χ1) is 14.3. The van der Waals surface area contributed by atoms with Crippen LogP contribution in [0.25, 0.3) is 22.6 Å². The third kappa shape index (κ3) is 3.95. The first-order valence-electron chi connectivity index (χ1n) is 9.00. The number of phenols is 1. The van der Waals surface area contributed by atoms with Gasteiger partial charge in [0.05, 0.1) is 10.6 Å². The lowest BCUT2D eigenvalue weighted by Crippen LogP contribution is -1.92. The Labute approximate surface area is 180 Å². The molecule has 0 bridgehead atoms. The summed E-state index contributed by atoms with van der Waals surface area (Å²) in [6.45, 7) is 4.04. The van der Waals surface area contributed by atoms with Gasteiger partial charge in [0.15, 0.2) is 5.58 Å². The summed E-state index contributed by atoms with van der Waals surface area (Å²) in [4.78, 5) is 19.3. The molecule has 1 heterocycles. The predicted octanol–water partition coefficient (Wildman–Crippen LogP) is 6.24. The van der Waals surface area contributed by atoms with Crippen molar-refractivity contribution in [3.8, 4) is 17.2 Å². The first-order valence-corrected chi connectivity index (χ1v) is 9.80. The summed E-state index contributed by atoms with van der Waals surface area (Å²) in [5, 5.41) is 21.2. The maximum atomic E-state index is 11.1. The van der Waals surface area contributed by atoms with Gasteiger partial charge in [-0.25, -0.2) is 4.98 Å². The second-order valence-corrected chi connectivity index (χ2v) is 7.84. The molecule has 0 saturated heterocycles. The number of fused-ring (bicyclic) bond motifs is 1. The lowest BCUT2D eigenvalue weighted by Gasteiger charge is -2.01. The van der Waals surface area contributed by atoms with Gasteiger partial charge < -0.3 is 9.52 Å². The summed E-state index contributed by atoms with van der Waals surface area (Å²) in [5.74, 6) is 0.0877. The number of aromatic nitrogens is 1. The number of nitro benzene ring substituents is 1. The monoisotopic (exact) mass is 465 g/mol. The van der Waals surface area contributed by atoms with Crippen molar-refractivity contribution in [2.75, 3.05) is 0 Å². The minimum Gasteiger partial charge on any atom is -0.502 e. The van der Waals surface area contributed by atoms with E-state index in [1.54, 1.807) is 24.3 Å². The van der Waals surface area contributed by atoms with Crippen LogP contribution in [0, 0.1) is 24.0 Å². The quantitative estimate of drug-likeness (QED) is 0.218. The highest BCUT2D eigenvalue weighted by Gasteiger charge is 2.17. The van der Waals surface area contributed by atoms with Crippen molar-refractivity contribution in [2.45, 2.75) is 13.8 Å². The zero-order chi connectivity index (χ0) is 21.4. The number of oxazole rings is 1. The second-order valence-electron chi connectivity index (χ2n) is 6.93. The maximum absolute atomic E-state index is 11.1. The van der Waals surface area contributed by atoms with Crippen molar-refractivity contribution >= 4 is 44.6 Å². The van der Waals surface area contributed by atoms with Crippen molar-refractivity contribution in [2.24, 2.45) is 4.99 Å². The van der Waals surface area contributed by atoms with Crippen molar-refractivity contribution in [3.63, 3.8) is 0 Å². The molecule has 3 aromatic carbocycles. The molecular weight excluding hydrogens is 450 g/mol. The summed E-state index contributed by atoms with van der Waals surface area (Å²) in [5.41, 5.74) is 4.83. The highest BCUT2D eigenvalue weighted by Crippen LogP contribution is 2.33. The van der Waals surface area contributed by atoms with E-state index in [4.69, 9.17) is 4.42 Å². The number of phenolic OH excluding ortho intramolecular Hbond substituents is 1. The molecule has 1 N–H and O–H groups in total. The van der Waals surface area contributed by atoms with Gasteiger partial charge in [0, 0.05) is 27.9 Å². The van der Waals surface area contributed by atoms with E-state index in [0.717, 1.165) is 16.7 Å². The predicted molar refractivity (Wildman–Crippen MR) is 119 cm³/mol.